The monoisotopic (exact) mass is 306 g/mol. The van der Waals surface area contributed by atoms with E-state index in [0.717, 1.165) is 25.7 Å². The van der Waals surface area contributed by atoms with Crippen LogP contribution in [0, 0.1) is 5.92 Å². The smallest absolute Gasteiger partial charge is 0.336 e. The lowest BCUT2D eigenvalue weighted by molar-refractivity contribution is 0.0458. The molecule has 2 heterocycles. The second-order valence-electron chi connectivity index (χ2n) is 5.84. The summed E-state index contributed by atoms with van der Waals surface area (Å²) in [7, 11) is 0. The van der Waals surface area contributed by atoms with Crippen molar-refractivity contribution in [1.82, 2.24) is 19.6 Å². The van der Waals surface area contributed by atoms with Crippen molar-refractivity contribution in [3.63, 3.8) is 0 Å². The fraction of sp³-hybridized carbons (Fsp3) is 0.643. The van der Waals surface area contributed by atoms with Crippen molar-refractivity contribution in [2.24, 2.45) is 11.7 Å². The highest BCUT2D eigenvalue weighted by Gasteiger charge is 2.34. The Balaban J connectivity index is 1.87. The maximum Gasteiger partial charge on any atom is 0.336 e. The number of aromatic nitrogens is 4. The van der Waals surface area contributed by atoms with Crippen LogP contribution < -0.4 is 16.2 Å². The van der Waals surface area contributed by atoms with Crippen LogP contribution in [-0.2, 0) is 0 Å². The first-order valence-corrected chi connectivity index (χ1v) is 7.67. The van der Waals surface area contributed by atoms with Crippen LogP contribution in [0.15, 0.2) is 6.20 Å². The van der Waals surface area contributed by atoms with Gasteiger partial charge in [-0.3, -0.25) is 0 Å². The van der Waals surface area contributed by atoms with Gasteiger partial charge in [0.15, 0.2) is 11.5 Å². The van der Waals surface area contributed by atoms with Crippen LogP contribution >= 0.6 is 0 Å². The first-order valence-electron chi connectivity index (χ1n) is 7.67. The van der Waals surface area contributed by atoms with Crippen molar-refractivity contribution in [3.05, 3.63) is 11.9 Å². The van der Waals surface area contributed by atoms with E-state index in [-0.39, 0.29) is 23.8 Å². The van der Waals surface area contributed by atoms with Crippen LogP contribution in [0.5, 0.6) is 6.01 Å². The van der Waals surface area contributed by atoms with E-state index in [9.17, 15) is 5.11 Å². The summed E-state index contributed by atoms with van der Waals surface area (Å²) >= 11 is 0. The Kier molecular flexibility index (Phi) is 4.12. The van der Waals surface area contributed by atoms with Gasteiger partial charge in [-0.25, -0.2) is 9.50 Å². The molecule has 2 aromatic heterocycles. The van der Waals surface area contributed by atoms with Crippen LogP contribution in [0.2, 0.25) is 0 Å². The molecule has 0 radical (unpaired) electrons. The molecule has 1 atom stereocenters. The third-order valence-corrected chi connectivity index (χ3v) is 4.08. The second-order valence-corrected chi connectivity index (χ2v) is 5.84. The minimum Gasteiger partial charge on any atom is -0.462 e. The molecule has 1 aliphatic rings. The lowest BCUT2D eigenvalue weighted by Crippen LogP contribution is -2.39. The highest BCUT2D eigenvalue weighted by atomic mass is 16.5. The number of hydrogen-bond donors (Lipinski definition) is 3. The van der Waals surface area contributed by atoms with E-state index >= 15 is 0 Å². The number of hydrogen-bond acceptors (Lipinski definition) is 7. The lowest BCUT2D eigenvalue weighted by Gasteiger charge is -2.35. The SMILES string of the molecule is CCCCOc1nc(N)c2ncc(C(O)C3CC(N)C3)n2n1. The number of ether oxygens (including phenoxy) is 1. The van der Waals surface area contributed by atoms with Gasteiger partial charge in [0.1, 0.15) is 6.10 Å². The molecule has 120 valence electrons. The van der Waals surface area contributed by atoms with Crippen molar-refractivity contribution < 1.29 is 9.84 Å². The molecule has 8 heteroatoms. The molecule has 2 aromatic rings. The Hall–Kier alpha value is -1.93. The lowest BCUT2D eigenvalue weighted by atomic mass is 9.76. The molecule has 0 saturated heterocycles. The molecule has 0 bridgehead atoms. The van der Waals surface area contributed by atoms with Crippen LogP contribution in [-0.4, -0.2) is 37.3 Å². The molecular formula is C14H22N6O2. The third kappa shape index (κ3) is 2.71. The summed E-state index contributed by atoms with van der Waals surface area (Å²) in [5, 5.41) is 14.8. The van der Waals surface area contributed by atoms with E-state index < -0.39 is 6.10 Å². The van der Waals surface area contributed by atoms with Gasteiger partial charge < -0.3 is 21.3 Å². The van der Waals surface area contributed by atoms with E-state index in [2.05, 4.69) is 22.0 Å². The Labute approximate surface area is 128 Å². The predicted molar refractivity (Wildman–Crippen MR) is 81.3 cm³/mol. The van der Waals surface area contributed by atoms with Crippen molar-refractivity contribution in [1.29, 1.82) is 0 Å². The van der Waals surface area contributed by atoms with Crippen LogP contribution in [0.1, 0.15) is 44.4 Å². The van der Waals surface area contributed by atoms with Gasteiger partial charge in [-0.1, -0.05) is 13.3 Å². The number of aliphatic hydroxyl groups excluding tert-OH is 1. The van der Waals surface area contributed by atoms with Crippen molar-refractivity contribution in [3.8, 4) is 6.01 Å². The standard InChI is InChI=1S/C14H22N6O2/c1-2-3-4-22-14-18-12(16)13-17-7-10(20(13)19-14)11(21)8-5-9(15)6-8/h7-9,11,21H,2-6,15H2,1H3,(H2,16,18,19). The molecule has 0 aromatic carbocycles. The molecule has 0 aliphatic heterocycles. The zero-order valence-corrected chi connectivity index (χ0v) is 12.6. The van der Waals surface area contributed by atoms with Gasteiger partial charge in [-0.15, -0.1) is 5.10 Å². The summed E-state index contributed by atoms with van der Waals surface area (Å²) in [6, 6.07) is 0.377. The quantitative estimate of drug-likeness (QED) is 0.669. The van der Waals surface area contributed by atoms with Crippen molar-refractivity contribution in [2.75, 3.05) is 12.3 Å². The fourth-order valence-electron chi connectivity index (χ4n) is 2.68. The number of fused-ring (bicyclic) bond motifs is 1. The summed E-state index contributed by atoms with van der Waals surface area (Å²) in [5.41, 5.74) is 12.7. The van der Waals surface area contributed by atoms with Crippen LogP contribution in [0.4, 0.5) is 5.82 Å². The number of nitrogen functional groups attached to an aromatic ring is 1. The molecule has 22 heavy (non-hydrogen) atoms. The van der Waals surface area contributed by atoms with Gasteiger partial charge in [0.25, 0.3) is 0 Å². The van der Waals surface area contributed by atoms with Crippen molar-refractivity contribution >= 4 is 11.5 Å². The predicted octanol–water partition coefficient (Wildman–Crippen LogP) is 0.656. The van der Waals surface area contributed by atoms with E-state index in [1.807, 2.05) is 0 Å². The molecule has 1 unspecified atom stereocenters. The minimum atomic E-state index is -0.660. The number of unbranched alkanes of at least 4 members (excludes halogenated alkanes) is 1. The molecule has 8 nitrogen and oxygen atoms in total. The Morgan fingerprint density at radius 1 is 1.50 bits per heavy atom. The summed E-state index contributed by atoms with van der Waals surface area (Å²) < 4.78 is 7.03. The zero-order valence-electron chi connectivity index (χ0n) is 12.6. The second kappa shape index (κ2) is 6.05. The summed E-state index contributed by atoms with van der Waals surface area (Å²) in [5.74, 6) is 0.376. The van der Waals surface area contributed by atoms with Crippen LogP contribution in [0.3, 0.4) is 0 Å². The number of nitrogens with zero attached hydrogens (tertiary/aromatic N) is 4. The molecular weight excluding hydrogens is 284 g/mol. The number of nitrogens with two attached hydrogens (primary N) is 2. The summed E-state index contributed by atoms with van der Waals surface area (Å²) in [6.07, 6.45) is 4.47. The molecule has 0 spiro atoms. The average molecular weight is 306 g/mol. The van der Waals surface area contributed by atoms with Gasteiger partial charge in [0.2, 0.25) is 0 Å². The van der Waals surface area contributed by atoms with Gasteiger partial charge in [0.05, 0.1) is 18.5 Å². The summed E-state index contributed by atoms with van der Waals surface area (Å²) in [6.45, 7) is 2.61. The third-order valence-electron chi connectivity index (χ3n) is 4.08. The minimum absolute atomic E-state index is 0.135. The summed E-state index contributed by atoms with van der Waals surface area (Å²) in [4.78, 5) is 8.30. The molecule has 5 N–H and O–H groups in total. The number of imidazole rings is 1. The Morgan fingerprint density at radius 3 is 2.95 bits per heavy atom. The fourth-order valence-corrected chi connectivity index (χ4v) is 2.68. The van der Waals surface area contributed by atoms with E-state index in [1.165, 1.54) is 4.52 Å². The van der Waals surface area contributed by atoms with Crippen molar-refractivity contribution in [2.45, 2.75) is 44.8 Å². The van der Waals surface area contributed by atoms with Gasteiger partial charge in [-0.2, -0.15) is 4.98 Å². The molecule has 1 saturated carbocycles. The largest absolute Gasteiger partial charge is 0.462 e. The highest BCUT2D eigenvalue weighted by molar-refractivity contribution is 5.59. The number of rotatable bonds is 6. The zero-order chi connectivity index (χ0) is 15.7. The average Bonchev–Trinajstić information content (AvgIpc) is 2.88. The Bertz CT molecular complexity index is 652. The van der Waals surface area contributed by atoms with Gasteiger partial charge in [0, 0.05) is 6.04 Å². The first kappa shape index (κ1) is 15.0. The maximum atomic E-state index is 10.5. The van der Waals surface area contributed by atoms with E-state index in [1.54, 1.807) is 6.20 Å². The normalized spacial score (nSPS) is 22.5. The number of aliphatic hydroxyl groups is 1. The molecule has 1 aliphatic carbocycles. The number of anilines is 1. The molecule has 1 fully saturated rings. The van der Waals surface area contributed by atoms with Crippen LogP contribution in [0.25, 0.3) is 5.65 Å². The maximum absolute atomic E-state index is 10.5. The van der Waals surface area contributed by atoms with E-state index in [0.29, 0.717) is 17.9 Å². The van der Waals surface area contributed by atoms with Gasteiger partial charge >= 0.3 is 6.01 Å². The van der Waals surface area contributed by atoms with Gasteiger partial charge in [-0.05, 0) is 25.2 Å². The van der Waals surface area contributed by atoms with E-state index in [4.69, 9.17) is 16.2 Å². The molecule has 0 amide bonds. The first-order chi connectivity index (χ1) is 10.6. The topological polar surface area (TPSA) is 125 Å². The Morgan fingerprint density at radius 2 is 2.27 bits per heavy atom. The molecule has 3 rings (SSSR count). The highest BCUT2D eigenvalue weighted by Crippen LogP contribution is 2.37.